The Morgan fingerprint density at radius 2 is 1.91 bits per heavy atom. The number of hydrogen-bond donors (Lipinski definition) is 4. The molecule has 3 amide bonds. The number of amides is 3. The van der Waals surface area contributed by atoms with E-state index in [0.29, 0.717) is 11.4 Å². The molecule has 0 spiro atoms. The van der Waals surface area contributed by atoms with Crippen LogP contribution in [0.1, 0.15) is 37.7 Å². The molecular formula is C16H24N4O2. The molecule has 1 fully saturated rings. The van der Waals surface area contributed by atoms with Gasteiger partial charge in [0.05, 0.1) is 6.54 Å². The van der Waals surface area contributed by atoms with E-state index < -0.39 is 0 Å². The smallest absolute Gasteiger partial charge is 0.319 e. The summed E-state index contributed by atoms with van der Waals surface area (Å²) in [5, 5.41) is 8.54. The van der Waals surface area contributed by atoms with Crippen LogP contribution >= 0.6 is 0 Å². The number of nitrogens with two attached hydrogens (primary N) is 1. The summed E-state index contributed by atoms with van der Waals surface area (Å²) in [5.41, 5.74) is 7.52. The minimum absolute atomic E-state index is 0.0706. The summed E-state index contributed by atoms with van der Waals surface area (Å²) in [4.78, 5) is 23.4. The van der Waals surface area contributed by atoms with Gasteiger partial charge in [-0.15, -0.1) is 0 Å². The molecule has 0 aliphatic heterocycles. The number of urea groups is 1. The molecule has 0 atom stereocenters. The molecule has 0 unspecified atom stereocenters. The Bertz CT molecular complexity index is 539. The molecule has 5 N–H and O–H groups in total. The maximum atomic E-state index is 12.1. The molecule has 6 heteroatoms. The van der Waals surface area contributed by atoms with Crippen LogP contribution in [0.4, 0.5) is 16.2 Å². The number of anilines is 2. The maximum Gasteiger partial charge on any atom is 0.319 e. The number of carbonyl (C=O) groups excluding carboxylic acids is 2. The second kappa shape index (κ2) is 7.79. The fourth-order valence-corrected chi connectivity index (χ4v) is 2.64. The van der Waals surface area contributed by atoms with Crippen LogP contribution in [0.3, 0.4) is 0 Å². The van der Waals surface area contributed by atoms with Gasteiger partial charge in [-0.2, -0.15) is 0 Å². The van der Waals surface area contributed by atoms with Crippen LogP contribution in [0.5, 0.6) is 0 Å². The molecular weight excluding hydrogens is 280 g/mol. The van der Waals surface area contributed by atoms with Gasteiger partial charge in [0.1, 0.15) is 0 Å². The monoisotopic (exact) mass is 304 g/mol. The van der Waals surface area contributed by atoms with Crippen LogP contribution in [-0.2, 0) is 4.79 Å². The lowest BCUT2D eigenvalue weighted by Crippen LogP contribution is -2.39. The highest BCUT2D eigenvalue weighted by atomic mass is 16.2. The van der Waals surface area contributed by atoms with Crippen LogP contribution in [0.2, 0.25) is 0 Å². The van der Waals surface area contributed by atoms with Crippen molar-refractivity contribution < 1.29 is 9.59 Å². The molecule has 22 heavy (non-hydrogen) atoms. The van der Waals surface area contributed by atoms with E-state index >= 15 is 0 Å². The second-order valence-corrected chi connectivity index (χ2v) is 5.72. The lowest BCUT2D eigenvalue weighted by Gasteiger charge is -2.23. The molecule has 0 radical (unpaired) electrons. The molecule has 0 heterocycles. The van der Waals surface area contributed by atoms with Crippen LogP contribution in [0.15, 0.2) is 18.2 Å². The van der Waals surface area contributed by atoms with E-state index in [0.717, 1.165) is 18.4 Å². The Hall–Kier alpha value is -2.08. The third-order valence-corrected chi connectivity index (χ3v) is 3.90. The Balaban J connectivity index is 1.96. The summed E-state index contributed by atoms with van der Waals surface area (Å²) in [6.45, 7) is 1.84. The molecule has 1 saturated carbocycles. The largest absolute Gasteiger partial charge is 0.335 e. The van der Waals surface area contributed by atoms with Crippen molar-refractivity contribution in [2.24, 2.45) is 5.73 Å². The van der Waals surface area contributed by atoms with Gasteiger partial charge in [-0.3, -0.25) is 4.79 Å². The van der Waals surface area contributed by atoms with Gasteiger partial charge >= 0.3 is 6.03 Å². The van der Waals surface area contributed by atoms with Crippen LogP contribution in [0.25, 0.3) is 0 Å². The van der Waals surface area contributed by atoms with Crippen molar-refractivity contribution >= 4 is 23.3 Å². The van der Waals surface area contributed by atoms with Gasteiger partial charge in [-0.05, 0) is 37.5 Å². The fraction of sp³-hybridized carbons (Fsp3) is 0.500. The van der Waals surface area contributed by atoms with Gasteiger partial charge in [0.15, 0.2) is 0 Å². The molecule has 120 valence electrons. The van der Waals surface area contributed by atoms with Crippen molar-refractivity contribution in [1.29, 1.82) is 0 Å². The van der Waals surface area contributed by atoms with Crippen molar-refractivity contribution in [3.05, 3.63) is 23.8 Å². The van der Waals surface area contributed by atoms with Gasteiger partial charge in [0.2, 0.25) is 5.91 Å². The summed E-state index contributed by atoms with van der Waals surface area (Å²) in [6, 6.07) is 5.44. The van der Waals surface area contributed by atoms with Crippen LogP contribution < -0.4 is 21.7 Å². The van der Waals surface area contributed by atoms with Gasteiger partial charge in [0.25, 0.3) is 0 Å². The Labute approximate surface area is 130 Å². The van der Waals surface area contributed by atoms with Crippen molar-refractivity contribution in [3.63, 3.8) is 0 Å². The SMILES string of the molecule is Cc1ccc(NC(=O)CN)cc1NC(=O)NC1CCCCC1. The number of rotatable bonds is 4. The molecule has 0 aromatic heterocycles. The van der Waals surface area contributed by atoms with Crippen molar-refractivity contribution in [1.82, 2.24) is 5.32 Å². The highest BCUT2D eigenvalue weighted by molar-refractivity contribution is 5.94. The summed E-state index contributed by atoms with van der Waals surface area (Å²) < 4.78 is 0. The zero-order valence-corrected chi connectivity index (χ0v) is 12.9. The average molecular weight is 304 g/mol. The number of nitrogens with one attached hydrogen (secondary N) is 3. The first-order chi connectivity index (χ1) is 10.6. The summed E-state index contributed by atoms with van der Waals surface area (Å²) in [7, 11) is 0. The van der Waals surface area contributed by atoms with Crippen LogP contribution in [-0.4, -0.2) is 24.5 Å². The first kappa shape index (κ1) is 16.3. The first-order valence-corrected chi connectivity index (χ1v) is 7.76. The molecule has 1 aliphatic carbocycles. The van der Waals surface area contributed by atoms with E-state index in [2.05, 4.69) is 16.0 Å². The van der Waals surface area contributed by atoms with E-state index in [1.54, 1.807) is 12.1 Å². The van der Waals surface area contributed by atoms with Gasteiger partial charge in [-0.1, -0.05) is 25.3 Å². The van der Waals surface area contributed by atoms with E-state index in [9.17, 15) is 9.59 Å². The van der Waals surface area contributed by atoms with Gasteiger partial charge < -0.3 is 21.7 Å². The highest BCUT2D eigenvalue weighted by Gasteiger charge is 2.16. The van der Waals surface area contributed by atoms with Crippen LogP contribution in [0, 0.1) is 6.92 Å². The normalized spacial score (nSPS) is 15.2. The van der Waals surface area contributed by atoms with E-state index in [1.165, 1.54) is 19.3 Å². The standard InChI is InChI=1S/C16H24N4O2/c1-11-7-8-13(18-15(21)10-17)9-14(11)20-16(22)19-12-5-3-2-4-6-12/h7-9,12H,2-6,10,17H2,1H3,(H,18,21)(H2,19,20,22). The Kier molecular flexibility index (Phi) is 5.77. The average Bonchev–Trinajstić information content (AvgIpc) is 2.51. The van der Waals surface area contributed by atoms with Crippen molar-refractivity contribution in [2.75, 3.05) is 17.2 Å². The summed E-state index contributed by atoms with van der Waals surface area (Å²) >= 11 is 0. The first-order valence-electron chi connectivity index (χ1n) is 7.76. The predicted molar refractivity (Wildman–Crippen MR) is 87.9 cm³/mol. The third kappa shape index (κ3) is 4.73. The lowest BCUT2D eigenvalue weighted by molar-refractivity contribution is -0.114. The molecule has 0 bridgehead atoms. The molecule has 0 saturated heterocycles. The number of benzene rings is 1. The van der Waals surface area contributed by atoms with Crippen molar-refractivity contribution in [3.8, 4) is 0 Å². The molecule has 1 aromatic rings. The zero-order valence-electron chi connectivity index (χ0n) is 12.9. The fourth-order valence-electron chi connectivity index (χ4n) is 2.64. The minimum atomic E-state index is -0.263. The molecule has 1 aliphatic rings. The van der Waals surface area contributed by atoms with E-state index in [4.69, 9.17) is 5.73 Å². The summed E-state index contributed by atoms with van der Waals surface area (Å²) in [5.74, 6) is -0.263. The molecule has 1 aromatic carbocycles. The topological polar surface area (TPSA) is 96.2 Å². The second-order valence-electron chi connectivity index (χ2n) is 5.72. The highest BCUT2D eigenvalue weighted by Crippen LogP contribution is 2.21. The van der Waals surface area contributed by atoms with Gasteiger partial charge in [-0.25, -0.2) is 4.79 Å². The molecule has 6 nitrogen and oxygen atoms in total. The molecule has 2 rings (SSSR count). The zero-order chi connectivity index (χ0) is 15.9. The van der Waals surface area contributed by atoms with Crippen molar-refractivity contribution in [2.45, 2.75) is 45.1 Å². The maximum absolute atomic E-state index is 12.1. The quantitative estimate of drug-likeness (QED) is 0.687. The van der Waals surface area contributed by atoms with Gasteiger partial charge in [0, 0.05) is 17.4 Å². The number of carbonyl (C=O) groups is 2. The number of aryl methyl sites for hydroxylation is 1. The third-order valence-electron chi connectivity index (χ3n) is 3.90. The number of hydrogen-bond acceptors (Lipinski definition) is 3. The summed E-state index contributed by atoms with van der Waals surface area (Å²) in [6.07, 6.45) is 5.68. The Morgan fingerprint density at radius 3 is 2.59 bits per heavy atom. The lowest BCUT2D eigenvalue weighted by atomic mass is 9.96. The predicted octanol–water partition coefficient (Wildman–Crippen LogP) is 2.35. The Morgan fingerprint density at radius 1 is 1.18 bits per heavy atom. The van der Waals surface area contributed by atoms with E-state index in [-0.39, 0.29) is 24.5 Å². The minimum Gasteiger partial charge on any atom is -0.335 e. The van der Waals surface area contributed by atoms with E-state index in [1.807, 2.05) is 13.0 Å².